The second-order valence-electron chi connectivity index (χ2n) is 3.73. The average Bonchev–Trinajstić information content (AvgIpc) is 2.50. The molecule has 1 aliphatic rings. The van der Waals surface area contributed by atoms with Gasteiger partial charge in [-0.3, -0.25) is 4.79 Å². The first-order valence-corrected chi connectivity index (χ1v) is 6.14. The molecule has 0 spiro atoms. The van der Waals surface area contributed by atoms with Gasteiger partial charge >= 0.3 is 0 Å². The predicted molar refractivity (Wildman–Crippen MR) is 60.0 cm³/mol. The van der Waals surface area contributed by atoms with Gasteiger partial charge in [-0.25, -0.2) is 0 Å². The van der Waals surface area contributed by atoms with E-state index in [2.05, 4.69) is 5.32 Å². The number of thioether (sulfide) groups is 1. The molecule has 1 aromatic heterocycles. The van der Waals surface area contributed by atoms with Crippen molar-refractivity contribution in [3.63, 3.8) is 0 Å². The molecule has 82 valence electrons. The van der Waals surface area contributed by atoms with Crippen molar-refractivity contribution in [1.82, 2.24) is 5.32 Å². The molecule has 1 fully saturated rings. The van der Waals surface area contributed by atoms with Crippen molar-refractivity contribution in [1.29, 1.82) is 0 Å². The van der Waals surface area contributed by atoms with Crippen molar-refractivity contribution in [3.8, 4) is 0 Å². The van der Waals surface area contributed by atoms with Crippen LogP contribution in [0.3, 0.4) is 0 Å². The molecule has 1 aromatic rings. The quantitative estimate of drug-likeness (QED) is 0.840. The molecule has 1 unspecified atom stereocenters. The Morgan fingerprint density at radius 2 is 2.40 bits per heavy atom. The third-order valence-corrected chi connectivity index (χ3v) is 3.98. The Labute approximate surface area is 93.6 Å². The highest BCUT2D eigenvalue weighted by molar-refractivity contribution is 8.00. The first-order chi connectivity index (χ1) is 7.27. The molecular formula is C11H15NO2S. The monoisotopic (exact) mass is 225 g/mol. The van der Waals surface area contributed by atoms with Gasteiger partial charge < -0.3 is 9.73 Å². The summed E-state index contributed by atoms with van der Waals surface area (Å²) >= 11 is 1.61. The van der Waals surface area contributed by atoms with Crippen molar-refractivity contribution in [3.05, 3.63) is 18.1 Å². The van der Waals surface area contributed by atoms with E-state index in [9.17, 15) is 4.79 Å². The smallest absolute Gasteiger partial charge is 0.233 e. The number of carbonyl (C=O) groups is 1. The van der Waals surface area contributed by atoms with Crippen molar-refractivity contribution < 1.29 is 9.21 Å². The van der Waals surface area contributed by atoms with Crippen LogP contribution < -0.4 is 5.32 Å². The largest absolute Gasteiger partial charge is 0.468 e. The molecular weight excluding hydrogens is 210 g/mol. The van der Waals surface area contributed by atoms with E-state index in [1.807, 2.05) is 13.0 Å². The predicted octanol–water partition coefficient (Wildman–Crippen LogP) is 2.35. The van der Waals surface area contributed by atoms with Gasteiger partial charge in [-0.05, 0) is 25.8 Å². The van der Waals surface area contributed by atoms with E-state index < -0.39 is 0 Å². The maximum Gasteiger partial charge on any atom is 0.233 e. The summed E-state index contributed by atoms with van der Waals surface area (Å²) in [7, 11) is 0. The second kappa shape index (κ2) is 4.75. The molecule has 2 rings (SSSR count). The van der Waals surface area contributed by atoms with E-state index in [0.717, 1.165) is 36.5 Å². The van der Waals surface area contributed by atoms with Crippen molar-refractivity contribution in [2.75, 3.05) is 6.54 Å². The Kier molecular flexibility index (Phi) is 3.36. The first-order valence-electron chi connectivity index (χ1n) is 5.26. The molecule has 1 atom stereocenters. The Balaban J connectivity index is 2.03. The van der Waals surface area contributed by atoms with Crippen LogP contribution in [0.15, 0.2) is 21.6 Å². The van der Waals surface area contributed by atoms with Gasteiger partial charge in [-0.2, -0.15) is 0 Å². The van der Waals surface area contributed by atoms with Crippen LogP contribution in [0.1, 0.15) is 25.0 Å². The van der Waals surface area contributed by atoms with E-state index in [-0.39, 0.29) is 11.2 Å². The molecule has 1 N–H and O–H groups in total. The summed E-state index contributed by atoms with van der Waals surface area (Å²) in [6, 6.07) is 1.93. The number of hydrogen-bond acceptors (Lipinski definition) is 3. The molecule has 0 aliphatic carbocycles. The maximum absolute atomic E-state index is 11.7. The molecule has 1 aliphatic heterocycles. The third kappa shape index (κ3) is 2.56. The zero-order valence-electron chi connectivity index (χ0n) is 8.79. The molecule has 0 radical (unpaired) electrons. The van der Waals surface area contributed by atoms with Crippen LogP contribution in [0.4, 0.5) is 0 Å². The minimum atomic E-state index is 0.0452. The number of rotatable bonds is 2. The van der Waals surface area contributed by atoms with Crippen LogP contribution in [0.25, 0.3) is 0 Å². The number of amides is 1. The molecule has 4 heteroatoms. The molecule has 1 saturated heterocycles. The summed E-state index contributed by atoms with van der Waals surface area (Å²) in [5, 5.41) is 2.98. The molecule has 0 saturated carbocycles. The summed E-state index contributed by atoms with van der Waals surface area (Å²) in [5.74, 6) is 1.06. The molecule has 15 heavy (non-hydrogen) atoms. The fourth-order valence-corrected chi connectivity index (χ4v) is 2.80. The van der Waals surface area contributed by atoms with Crippen LogP contribution in [-0.4, -0.2) is 17.7 Å². The summed E-state index contributed by atoms with van der Waals surface area (Å²) in [6.07, 6.45) is 4.84. The van der Waals surface area contributed by atoms with E-state index in [4.69, 9.17) is 4.42 Å². The normalized spacial score (nSPS) is 22.2. The highest BCUT2D eigenvalue weighted by Gasteiger charge is 2.22. The summed E-state index contributed by atoms with van der Waals surface area (Å²) in [5.41, 5.74) is 0. The van der Waals surface area contributed by atoms with E-state index in [1.165, 1.54) is 0 Å². The average molecular weight is 225 g/mol. The molecule has 2 heterocycles. The topological polar surface area (TPSA) is 42.2 Å². The SMILES string of the molecule is Cc1occc1SC1CCCCNC1=O. The van der Waals surface area contributed by atoms with Crippen LogP contribution in [-0.2, 0) is 4.79 Å². The van der Waals surface area contributed by atoms with Crippen LogP contribution in [0, 0.1) is 6.92 Å². The van der Waals surface area contributed by atoms with Gasteiger partial charge in [0.2, 0.25) is 5.91 Å². The third-order valence-electron chi connectivity index (χ3n) is 2.57. The molecule has 1 amide bonds. The summed E-state index contributed by atoms with van der Waals surface area (Å²) in [6.45, 7) is 2.75. The van der Waals surface area contributed by atoms with Gasteiger partial charge in [0.05, 0.1) is 11.5 Å². The summed E-state index contributed by atoms with van der Waals surface area (Å²) in [4.78, 5) is 12.8. The van der Waals surface area contributed by atoms with Gasteiger partial charge in [-0.15, -0.1) is 11.8 Å². The number of aryl methyl sites for hydroxylation is 1. The van der Waals surface area contributed by atoms with E-state index in [0.29, 0.717) is 0 Å². The molecule has 0 bridgehead atoms. The molecule has 0 aromatic carbocycles. The highest BCUT2D eigenvalue weighted by atomic mass is 32.2. The van der Waals surface area contributed by atoms with Gasteiger partial charge in [0.25, 0.3) is 0 Å². The van der Waals surface area contributed by atoms with E-state index in [1.54, 1.807) is 18.0 Å². The van der Waals surface area contributed by atoms with Crippen LogP contribution in [0.5, 0.6) is 0 Å². The lowest BCUT2D eigenvalue weighted by molar-refractivity contribution is -0.120. The van der Waals surface area contributed by atoms with Crippen molar-refractivity contribution in [2.45, 2.75) is 36.3 Å². The minimum absolute atomic E-state index is 0.0452. The lowest BCUT2D eigenvalue weighted by atomic mass is 10.2. The fourth-order valence-electron chi connectivity index (χ4n) is 1.67. The standard InChI is InChI=1S/C11H15NO2S/c1-8-9(5-7-14-8)15-10-4-2-3-6-12-11(10)13/h5,7,10H,2-4,6H2,1H3,(H,12,13). The maximum atomic E-state index is 11.7. The zero-order chi connectivity index (χ0) is 10.7. The Hall–Kier alpha value is -0.900. The number of furan rings is 1. The van der Waals surface area contributed by atoms with Crippen molar-refractivity contribution >= 4 is 17.7 Å². The fraction of sp³-hybridized carbons (Fsp3) is 0.545. The van der Waals surface area contributed by atoms with Gasteiger partial charge in [-0.1, -0.05) is 6.42 Å². The highest BCUT2D eigenvalue weighted by Crippen LogP contribution is 2.30. The number of hydrogen-bond donors (Lipinski definition) is 1. The Morgan fingerprint density at radius 1 is 1.53 bits per heavy atom. The lowest BCUT2D eigenvalue weighted by Crippen LogP contribution is -2.30. The van der Waals surface area contributed by atoms with Crippen LogP contribution in [0.2, 0.25) is 0 Å². The van der Waals surface area contributed by atoms with Gasteiger partial charge in [0.1, 0.15) is 5.76 Å². The Bertz CT molecular complexity index is 348. The van der Waals surface area contributed by atoms with Crippen molar-refractivity contribution in [2.24, 2.45) is 0 Å². The van der Waals surface area contributed by atoms with Crippen LogP contribution >= 0.6 is 11.8 Å². The number of carbonyl (C=O) groups excluding carboxylic acids is 1. The second-order valence-corrected chi connectivity index (χ2v) is 4.98. The molecule has 3 nitrogen and oxygen atoms in total. The van der Waals surface area contributed by atoms with E-state index >= 15 is 0 Å². The van der Waals surface area contributed by atoms with Gasteiger partial charge in [0, 0.05) is 11.4 Å². The summed E-state index contributed by atoms with van der Waals surface area (Å²) < 4.78 is 5.22. The Morgan fingerprint density at radius 3 is 3.13 bits per heavy atom. The lowest BCUT2D eigenvalue weighted by Gasteiger charge is -2.11. The zero-order valence-corrected chi connectivity index (χ0v) is 9.60. The van der Waals surface area contributed by atoms with Gasteiger partial charge in [0.15, 0.2) is 0 Å². The first kappa shape index (κ1) is 10.6. The minimum Gasteiger partial charge on any atom is -0.468 e. The number of nitrogens with one attached hydrogen (secondary N) is 1.